The summed E-state index contributed by atoms with van der Waals surface area (Å²) in [6, 6.07) is 8.33. The minimum absolute atomic E-state index is 0.165. The fourth-order valence-corrected chi connectivity index (χ4v) is 3.06. The van der Waals surface area contributed by atoms with Crippen LogP contribution in [0.3, 0.4) is 0 Å². The van der Waals surface area contributed by atoms with Gasteiger partial charge in [-0.05, 0) is 38.5 Å². The van der Waals surface area contributed by atoms with Crippen molar-refractivity contribution in [3.63, 3.8) is 0 Å². The second kappa shape index (κ2) is 11.0. The van der Waals surface area contributed by atoms with E-state index in [-0.39, 0.29) is 11.9 Å². The minimum atomic E-state index is -0.693. The first kappa shape index (κ1) is 23.0. The maximum atomic E-state index is 11.6. The highest BCUT2D eigenvalue weighted by Crippen LogP contribution is 2.23. The third-order valence-electron chi connectivity index (χ3n) is 5.09. The number of amides is 1. The van der Waals surface area contributed by atoms with Gasteiger partial charge in [-0.15, -0.1) is 0 Å². The summed E-state index contributed by atoms with van der Waals surface area (Å²) < 4.78 is 10.8. The molecule has 0 aromatic heterocycles. The van der Waals surface area contributed by atoms with Crippen LogP contribution in [-0.4, -0.2) is 69.8 Å². The molecule has 1 fully saturated rings. The van der Waals surface area contributed by atoms with Crippen molar-refractivity contribution in [1.82, 2.24) is 15.5 Å². The summed E-state index contributed by atoms with van der Waals surface area (Å²) >= 11 is 0. The number of hydrogen-bond donors (Lipinski definition) is 3. The quantitative estimate of drug-likeness (QED) is 0.421. The zero-order valence-electron chi connectivity index (χ0n) is 18.0. The van der Waals surface area contributed by atoms with E-state index in [2.05, 4.69) is 32.7 Å². The molecule has 1 atom stereocenters. The molecule has 162 valence electrons. The van der Waals surface area contributed by atoms with Crippen molar-refractivity contribution in [2.75, 3.05) is 53.0 Å². The van der Waals surface area contributed by atoms with Crippen molar-refractivity contribution in [2.45, 2.75) is 26.8 Å². The van der Waals surface area contributed by atoms with E-state index in [0.29, 0.717) is 19.0 Å². The molecule has 0 bridgehead atoms. The van der Waals surface area contributed by atoms with Crippen LogP contribution in [0.15, 0.2) is 29.3 Å². The highest BCUT2D eigenvalue weighted by atomic mass is 16.5. The molecule has 1 unspecified atom stereocenters. The van der Waals surface area contributed by atoms with Gasteiger partial charge in [0.25, 0.3) is 0 Å². The fourth-order valence-electron chi connectivity index (χ4n) is 3.06. The third kappa shape index (κ3) is 6.90. The molecule has 8 nitrogen and oxygen atoms in total. The molecule has 2 rings (SSSR count). The molecule has 0 radical (unpaired) electrons. The van der Waals surface area contributed by atoms with Gasteiger partial charge >= 0.3 is 0 Å². The number of rotatable bonds is 9. The number of benzene rings is 1. The number of carbonyl (C=O) groups excluding carboxylic acids is 1. The summed E-state index contributed by atoms with van der Waals surface area (Å²) in [6.45, 7) is 10.6. The minimum Gasteiger partial charge on any atom is -0.497 e. The van der Waals surface area contributed by atoms with Crippen molar-refractivity contribution in [3.8, 4) is 5.75 Å². The lowest BCUT2D eigenvalue weighted by Gasteiger charge is -2.35. The molecule has 0 spiro atoms. The van der Waals surface area contributed by atoms with E-state index < -0.39 is 5.41 Å². The van der Waals surface area contributed by atoms with Crippen LogP contribution in [0, 0.1) is 5.41 Å². The summed E-state index contributed by atoms with van der Waals surface area (Å²) in [5.41, 5.74) is 5.98. The lowest BCUT2D eigenvalue weighted by atomic mass is 9.93. The molecule has 1 aromatic carbocycles. The SMILES string of the molecule is CCNC(=NCC(C)(C)C(N)=O)NCC(c1ccc(OC)cc1)N1CCOCC1. The molecular formula is C21H35N5O3. The topological polar surface area (TPSA) is 101 Å². The molecule has 8 heteroatoms. The lowest BCUT2D eigenvalue weighted by Crippen LogP contribution is -2.46. The van der Waals surface area contributed by atoms with Gasteiger partial charge in [0, 0.05) is 26.2 Å². The second-order valence-corrected chi connectivity index (χ2v) is 7.76. The number of nitrogens with two attached hydrogens (primary N) is 1. The van der Waals surface area contributed by atoms with Crippen molar-refractivity contribution < 1.29 is 14.3 Å². The number of nitrogens with zero attached hydrogens (tertiary/aromatic N) is 2. The van der Waals surface area contributed by atoms with Gasteiger partial charge in [0.1, 0.15) is 5.75 Å². The zero-order valence-corrected chi connectivity index (χ0v) is 18.0. The van der Waals surface area contributed by atoms with Crippen LogP contribution in [0.5, 0.6) is 5.75 Å². The van der Waals surface area contributed by atoms with Crippen LogP contribution in [0.1, 0.15) is 32.4 Å². The third-order valence-corrected chi connectivity index (χ3v) is 5.09. The monoisotopic (exact) mass is 405 g/mol. The Bertz CT molecular complexity index is 669. The number of morpholine rings is 1. The Morgan fingerprint density at radius 1 is 1.28 bits per heavy atom. The Kier molecular flexibility index (Phi) is 8.72. The average Bonchev–Trinajstić information content (AvgIpc) is 2.73. The van der Waals surface area contributed by atoms with E-state index in [1.807, 2.05) is 19.1 Å². The average molecular weight is 406 g/mol. The van der Waals surface area contributed by atoms with Crippen molar-refractivity contribution in [3.05, 3.63) is 29.8 Å². The van der Waals surface area contributed by atoms with Crippen LogP contribution < -0.4 is 21.1 Å². The van der Waals surface area contributed by atoms with Crippen LogP contribution in [-0.2, 0) is 9.53 Å². The van der Waals surface area contributed by atoms with E-state index in [4.69, 9.17) is 15.2 Å². The number of ether oxygens (including phenoxy) is 2. The summed E-state index contributed by atoms with van der Waals surface area (Å²) in [4.78, 5) is 18.6. The Morgan fingerprint density at radius 3 is 2.48 bits per heavy atom. The van der Waals surface area contributed by atoms with Gasteiger partial charge in [-0.25, -0.2) is 0 Å². The smallest absolute Gasteiger partial charge is 0.224 e. The normalized spacial score (nSPS) is 16.9. The number of carbonyl (C=O) groups is 1. The molecule has 1 aliphatic heterocycles. The number of primary amides is 1. The summed E-state index contributed by atoms with van der Waals surface area (Å²) in [5, 5.41) is 6.68. The van der Waals surface area contributed by atoms with Gasteiger partial charge < -0.3 is 25.8 Å². The maximum absolute atomic E-state index is 11.6. The first-order valence-corrected chi connectivity index (χ1v) is 10.1. The van der Waals surface area contributed by atoms with Gasteiger partial charge in [-0.3, -0.25) is 14.7 Å². The predicted octanol–water partition coefficient (Wildman–Crippen LogP) is 1.14. The summed E-state index contributed by atoms with van der Waals surface area (Å²) in [5.74, 6) is 1.15. The standard InChI is InChI=1S/C21H35N5O3/c1-5-23-20(25-15-21(2,3)19(22)27)24-14-18(26-10-12-29-13-11-26)16-6-8-17(28-4)9-7-16/h6-9,18H,5,10-15H2,1-4H3,(H2,22,27)(H2,23,24,25). The largest absolute Gasteiger partial charge is 0.497 e. The summed E-state index contributed by atoms with van der Waals surface area (Å²) in [7, 11) is 1.67. The first-order chi connectivity index (χ1) is 13.9. The zero-order chi connectivity index (χ0) is 21.3. The number of aliphatic imine (C=N–C) groups is 1. The number of nitrogens with one attached hydrogen (secondary N) is 2. The molecule has 0 saturated carbocycles. The van der Waals surface area contributed by atoms with Gasteiger partial charge in [0.05, 0.1) is 38.3 Å². The summed E-state index contributed by atoms with van der Waals surface area (Å²) in [6.07, 6.45) is 0. The number of methoxy groups -OCH3 is 1. The van der Waals surface area contributed by atoms with E-state index in [0.717, 1.165) is 38.6 Å². The van der Waals surface area contributed by atoms with Gasteiger partial charge in [-0.2, -0.15) is 0 Å². The second-order valence-electron chi connectivity index (χ2n) is 7.76. The van der Waals surface area contributed by atoms with Crippen LogP contribution >= 0.6 is 0 Å². The lowest BCUT2D eigenvalue weighted by molar-refractivity contribution is -0.125. The molecule has 1 saturated heterocycles. The predicted molar refractivity (Wildman–Crippen MR) is 115 cm³/mol. The highest BCUT2D eigenvalue weighted by Gasteiger charge is 2.25. The molecule has 1 amide bonds. The van der Waals surface area contributed by atoms with Crippen LogP contribution in [0.2, 0.25) is 0 Å². The molecule has 4 N–H and O–H groups in total. The fraction of sp³-hybridized carbons (Fsp3) is 0.619. The number of hydrogen-bond acceptors (Lipinski definition) is 5. The molecule has 0 aliphatic carbocycles. The highest BCUT2D eigenvalue weighted by molar-refractivity contribution is 5.82. The number of guanidine groups is 1. The van der Waals surface area contributed by atoms with E-state index in [9.17, 15) is 4.79 Å². The van der Waals surface area contributed by atoms with Crippen molar-refractivity contribution in [1.29, 1.82) is 0 Å². The Labute approximate surface area is 173 Å². The molecule has 1 aliphatic rings. The molecule has 29 heavy (non-hydrogen) atoms. The van der Waals surface area contributed by atoms with E-state index in [1.165, 1.54) is 5.56 Å². The maximum Gasteiger partial charge on any atom is 0.224 e. The van der Waals surface area contributed by atoms with Gasteiger partial charge in [0.15, 0.2) is 5.96 Å². The van der Waals surface area contributed by atoms with Gasteiger partial charge in [0.2, 0.25) is 5.91 Å². The molecule has 1 aromatic rings. The Morgan fingerprint density at radius 2 is 1.93 bits per heavy atom. The van der Waals surface area contributed by atoms with Gasteiger partial charge in [-0.1, -0.05) is 12.1 Å². The van der Waals surface area contributed by atoms with Crippen molar-refractivity contribution in [2.24, 2.45) is 16.1 Å². The first-order valence-electron chi connectivity index (χ1n) is 10.1. The van der Waals surface area contributed by atoms with Crippen LogP contribution in [0.25, 0.3) is 0 Å². The molecular weight excluding hydrogens is 370 g/mol. The Hall–Kier alpha value is -2.32. The Balaban J connectivity index is 2.13. The van der Waals surface area contributed by atoms with Crippen LogP contribution in [0.4, 0.5) is 0 Å². The van der Waals surface area contributed by atoms with E-state index >= 15 is 0 Å². The molecule has 1 heterocycles. The van der Waals surface area contributed by atoms with E-state index in [1.54, 1.807) is 21.0 Å². The van der Waals surface area contributed by atoms with Crippen molar-refractivity contribution >= 4 is 11.9 Å².